The summed E-state index contributed by atoms with van der Waals surface area (Å²) < 4.78 is 6.29. The molecule has 0 saturated carbocycles. The molecule has 2 aliphatic heterocycles. The number of nitrogens with zero attached hydrogens (tertiary/aromatic N) is 1. The van der Waals surface area contributed by atoms with Gasteiger partial charge in [0.2, 0.25) is 5.91 Å². The monoisotopic (exact) mass is 414 g/mol. The van der Waals surface area contributed by atoms with E-state index in [1.165, 1.54) is 0 Å². The van der Waals surface area contributed by atoms with Crippen LogP contribution in [0.5, 0.6) is 5.75 Å². The van der Waals surface area contributed by atoms with Gasteiger partial charge >= 0.3 is 0 Å². The summed E-state index contributed by atoms with van der Waals surface area (Å²) in [5, 5.41) is 2.91. The Bertz CT molecular complexity index is 928. The first-order valence-corrected chi connectivity index (χ1v) is 9.01. The number of hydrogen-bond donors (Lipinski definition) is 1. The third-order valence-corrected chi connectivity index (χ3v) is 5.02. The molecule has 0 saturated heterocycles. The second kappa shape index (κ2) is 6.57. The number of carbonyl (C=O) groups is 3. The van der Waals surface area contributed by atoms with Crippen molar-refractivity contribution in [2.24, 2.45) is 0 Å². The normalized spacial score (nSPS) is 18.2. The van der Waals surface area contributed by atoms with E-state index in [0.717, 1.165) is 16.2 Å². The molecular formula is C19H15BrN2O4. The van der Waals surface area contributed by atoms with Gasteiger partial charge in [0.1, 0.15) is 12.3 Å². The van der Waals surface area contributed by atoms with Gasteiger partial charge in [-0.2, -0.15) is 0 Å². The Morgan fingerprint density at radius 2 is 1.92 bits per heavy atom. The first-order valence-electron chi connectivity index (χ1n) is 8.21. The summed E-state index contributed by atoms with van der Waals surface area (Å²) in [6, 6.07) is 12.2. The fourth-order valence-corrected chi connectivity index (χ4v) is 3.64. The Morgan fingerprint density at radius 3 is 2.77 bits per heavy atom. The zero-order valence-electron chi connectivity index (χ0n) is 13.7. The highest BCUT2D eigenvalue weighted by atomic mass is 79.9. The molecule has 0 radical (unpaired) electrons. The van der Waals surface area contributed by atoms with Crippen LogP contribution in [-0.4, -0.2) is 35.8 Å². The molecule has 0 bridgehead atoms. The number of benzene rings is 2. The molecule has 3 amide bonds. The lowest BCUT2D eigenvalue weighted by molar-refractivity contribution is -0.122. The maximum atomic E-state index is 12.5. The maximum absolute atomic E-state index is 12.5. The van der Waals surface area contributed by atoms with Crippen molar-refractivity contribution in [1.82, 2.24) is 10.2 Å². The summed E-state index contributed by atoms with van der Waals surface area (Å²) in [4.78, 5) is 38.4. The number of ether oxygens (including phenoxy) is 1. The minimum Gasteiger partial charge on any atom is -0.493 e. The highest BCUT2D eigenvalue weighted by Gasteiger charge is 2.37. The van der Waals surface area contributed by atoms with Crippen molar-refractivity contribution in [3.05, 3.63) is 63.6 Å². The molecule has 2 aromatic carbocycles. The number of imide groups is 1. The molecular weight excluding hydrogens is 400 g/mol. The lowest BCUT2D eigenvalue weighted by Crippen LogP contribution is -2.42. The summed E-state index contributed by atoms with van der Waals surface area (Å²) in [6.45, 7) is 0.201. The van der Waals surface area contributed by atoms with Gasteiger partial charge in [0, 0.05) is 16.5 Å². The topological polar surface area (TPSA) is 75.7 Å². The molecule has 1 N–H and O–H groups in total. The molecule has 4 rings (SSSR count). The molecule has 2 aliphatic rings. The quantitative estimate of drug-likeness (QED) is 0.783. The first kappa shape index (κ1) is 16.8. The number of fused-ring (bicyclic) bond motifs is 2. The van der Waals surface area contributed by atoms with E-state index in [0.29, 0.717) is 28.6 Å². The van der Waals surface area contributed by atoms with Crippen LogP contribution in [0.4, 0.5) is 0 Å². The van der Waals surface area contributed by atoms with Crippen LogP contribution in [0.1, 0.15) is 38.7 Å². The van der Waals surface area contributed by atoms with Crippen LogP contribution >= 0.6 is 15.9 Å². The van der Waals surface area contributed by atoms with Gasteiger partial charge in [-0.25, -0.2) is 0 Å². The summed E-state index contributed by atoms with van der Waals surface area (Å²) in [6.07, 6.45) is 0.637. The van der Waals surface area contributed by atoms with Gasteiger partial charge in [0.15, 0.2) is 0 Å². The highest BCUT2D eigenvalue weighted by Crippen LogP contribution is 2.31. The van der Waals surface area contributed by atoms with Crippen molar-refractivity contribution >= 4 is 33.7 Å². The van der Waals surface area contributed by atoms with E-state index < -0.39 is 11.8 Å². The van der Waals surface area contributed by atoms with Gasteiger partial charge in [-0.1, -0.05) is 34.1 Å². The zero-order valence-corrected chi connectivity index (χ0v) is 15.3. The Labute approximate surface area is 158 Å². The predicted octanol–water partition coefficient (Wildman–Crippen LogP) is 2.69. The number of para-hydroxylation sites is 1. The molecule has 7 heteroatoms. The van der Waals surface area contributed by atoms with Gasteiger partial charge in [-0.05, 0) is 24.3 Å². The third kappa shape index (κ3) is 2.88. The highest BCUT2D eigenvalue weighted by molar-refractivity contribution is 9.10. The van der Waals surface area contributed by atoms with E-state index in [4.69, 9.17) is 4.74 Å². The smallest absolute Gasteiger partial charge is 0.262 e. The zero-order chi connectivity index (χ0) is 18.3. The molecule has 0 spiro atoms. The van der Waals surface area contributed by atoms with Gasteiger partial charge in [-0.3, -0.25) is 19.3 Å². The Kier molecular flexibility index (Phi) is 4.24. The molecule has 1 atom stereocenters. The van der Waals surface area contributed by atoms with Crippen LogP contribution in [0, 0.1) is 0 Å². The van der Waals surface area contributed by atoms with Crippen LogP contribution in [0.3, 0.4) is 0 Å². The average Bonchev–Trinajstić information content (AvgIpc) is 2.86. The summed E-state index contributed by atoms with van der Waals surface area (Å²) in [7, 11) is 0. The van der Waals surface area contributed by atoms with Crippen molar-refractivity contribution in [3.63, 3.8) is 0 Å². The van der Waals surface area contributed by atoms with Gasteiger partial charge < -0.3 is 10.1 Å². The molecule has 0 fully saturated rings. The largest absolute Gasteiger partial charge is 0.493 e. The van der Waals surface area contributed by atoms with Crippen LogP contribution < -0.4 is 10.1 Å². The molecule has 26 heavy (non-hydrogen) atoms. The van der Waals surface area contributed by atoms with E-state index >= 15 is 0 Å². The minimum absolute atomic E-state index is 0.197. The second-order valence-electron chi connectivity index (χ2n) is 6.18. The van der Waals surface area contributed by atoms with E-state index in [9.17, 15) is 14.4 Å². The third-order valence-electron chi connectivity index (χ3n) is 4.53. The summed E-state index contributed by atoms with van der Waals surface area (Å²) in [5.74, 6) is -0.524. The van der Waals surface area contributed by atoms with Crippen LogP contribution in [0.25, 0.3) is 0 Å². The molecule has 2 heterocycles. The van der Waals surface area contributed by atoms with Crippen molar-refractivity contribution in [3.8, 4) is 5.75 Å². The van der Waals surface area contributed by atoms with Crippen LogP contribution in [-0.2, 0) is 4.79 Å². The molecule has 132 valence electrons. The minimum atomic E-state index is -0.450. The predicted molar refractivity (Wildman–Crippen MR) is 96.9 cm³/mol. The number of amides is 3. The molecule has 0 aromatic heterocycles. The fourth-order valence-electron chi connectivity index (χ4n) is 3.28. The number of rotatable bonds is 3. The number of carbonyl (C=O) groups excluding carboxylic acids is 3. The fraction of sp³-hybridized carbons (Fsp3) is 0.211. The van der Waals surface area contributed by atoms with E-state index in [1.54, 1.807) is 18.2 Å². The molecule has 2 aromatic rings. The van der Waals surface area contributed by atoms with E-state index in [2.05, 4.69) is 21.2 Å². The van der Waals surface area contributed by atoms with E-state index in [-0.39, 0.29) is 18.5 Å². The van der Waals surface area contributed by atoms with Crippen molar-refractivity contribution in [2.75, 3.05) is 13.2 Å². The molecule has 0 aliphatic carbocycles. The van der Waals surface area contributed by atoms with Gasteiger partial charge in [0.25, 0.3) is 11.8 Å². The maximum Gasteiger partial charge on any atom is 0.262 e. The van der Waals surface area contributed by atoms with Crippen molar-refractivity contribution in [1.29, 1.82) is 0 Å². The standard InChI is InChI=1S/C19H15BrN2O4/c20-11-5-6-12-14(9-11)19(25)22(18(12)24)10-17(23)21-15-7-8-26-16-4-2-1-3-13(15)16/h1-6,9,15H,7-8,10H2,(H,21,23). The van der Waals surface area contributed by atoms with Crippen molar-refractivity contribution in [2.45, 2.75) is 12.5 Å². The van der Waals surface area contributed by atoms with Crippen molar-refractivity contribution < 1.29 is 19.1 Å². The van der Waals surface area contributed by atoms with E-state index in [1.807, 2.05) is 24.3 Å². The SMILES string of the molecule is O=C(CN1C(=O)c2ccc(Br)cc2C1=O)NC1CCOc2ccccc21. The number of halogens is 1. The Morgan fingerprint density at radius 1 is 1.15 bits per heavy atom. The first-order chi connectivity index (χ1) is 12.5. The van der Waals surface area contributed by atoms with Gasteiger partial charge in [-0.15, -0.1) is 0 Å². The Balaban J connectivity index is 1.48. The summed E-state index contributed by atoms with van der Waals surface area (Å²) in [5.41, 5.74) is 1.54. The van der Waals surface area contributed by atoms with Crippen LogP contribution in [0.15, 0.2) is 46.9 Å². The number of nitrogens with one attached hydrogen (secondary N) is 1. The lowest BCUT2D eigenvalue weighted by Gasteiger charge is -2.27. The lowest BCUT2D eigenvalue weighted by atomic mass is 10.0. The second-order valence-corrected chi connectivity index (χ2v) is 7.10. The number of hydrogen-bond acceptors (Lipinski definition) is 4. The van der Waals surface area contributed by atoms with Gasteiger partial charge in [0.05, 0.1) is 23.8 Å². The Hall–Kier alpha value is -2.67. The van der Waals surface area contributed by atoms with Crippen LogP contribution in [0.2, 0.25) is 0 Å². The average molecular weight is 415 g/mol. The molecule has 1 unspecified atom stereocenters. The molecule has 6 nitrogen and oxygen atoms in total. The summed E-state index contributed by atoms with van der Waals surface area (Å²) >= 11 is 3.29.